The van der Waals surface area contributed by atoms with Crippen molar-refractivity contribution in [1.29, 1.82) is 0 Å². The minimum atomic E-state index is -0.897. The van der Waals surface area contributed by atoms with Crippen molar-refractivity contribution in [3.63, 3.8) is 0 Å². The van der Waals surface area contributed by atoms with Crippen molar-refractivity contribution in [1.82, 2.24) is 4.98 Å². The van der Waals surface area contributed by atoms with Crippen LogP contribution in [0.1, 0.15) is 15.9 Å². The molecule has 1 aromatic heterocycles. The molecule has 3 rings (SSSR count). The molecule has 0 bridgehead atoms. The van der Waals surface area contributed by atoms with E-state index < -0.39 is 23.0 Å². The highest BCUT2D eigenvalue weighted by molar-refractivity contribution is 9.10. The lowest BCUT2D eigenvalue weighted by Gasteiger charge is -2.06. The van der Waals surface area contributed by atoms with Gasteiger partial charge in [-0.1, -0.05) is 6.07 Å². The maximum atomic E-state index is 14.0. The summed E-state index contributed by atoms with van der Waals surface area (Å²) in [7, 11) is 0. The van der Waals surface area contributed by atoms with E-state index in [9.17, 15) is 13.6 Å². The molecule has 0 unspecified atom stereocenters. The van der Waals surface area contributed by atoms with Crippen molar-refractivity contribution in [2.75, 3.05) is 0 Å². The molecule has 0 saturated heterocycles. The van der Waals surface area contributed by atoms with Crippen LogP contribution in [0.3, 0.4) is 0 Å². The zero-order valence-corrected chi connectivity index (χ0v) is 12.2. The Kier molecular flexibility index (Phi) is 3.51. The van der Waals surface area contributed by atoms with Crippen LogP contribution in [-0.4, -0.2) is 10.8 Å². The fraction of sp³-hybridized carbons (Fsp3) is 0. The summed E-state index contributed by atoms with van der Waals surface area (Å²) < 4.78 is 27.8. The number of nitrogens with zero attached hydrogens (tertiary/aromatic N) is 1. The van der Waals surface area contributed by atoms with Gasteiger partial charge in [-0.15, -0.1) is 0 Å². The highest BCUT2D eigenvalue weighted by Crippen LogP contribution is 2.25. The zero-order chi connectivity index (χ0) is 15.0. The van der Waals surface area contributed by atoms with Crippen LogP contribution in [0, 0.1) is 11.6 Å². The first-order chi connectivity index (χ1) is 10.1. The number of benzene rings is 2. The lowest BCUT2D eigenvalue weighted by molar-refractivity contribution is 0.103. The number of aromatic nitrogens is 1. The standard InChI is InChI=1S/C16H8BrF2NO/c17-11-4-5-12(18)14(15(11)19)16(21)10-3-6-13-9(8-10)2-1-7-20-13/h1-8H. The maximum Gasteiger partial charge on any atom is 0.199 e. The second-order valence-electron chi connectivity index (χ2n) is 4.46. The molecule has 0 atom stereocenters. The van der Waals surface area contributed by atoms with Gasteiger partial charge >= 0.3 is 0 Å². The Hall–Kier alpha value is -2.14. The number of ketones is 1. The largest absolute Gasteiger partial charge is 0.288 e. The molecule has 0 spiro atoms. The molecule has 0 aliphatic heterocycles. The van der Waals surface area contributed by atoms with Crippen LogP contribution in [0.5, 0.6) is 0 Å². The Morgan fingerprint density at radius 3 is 2.71 bits per heavy atom. The Bertz CT molecular complexity index is 864. The van der Waals surface area contributed by atoms with Gasteiger partial charge in [0.05, 0.1) is 15.6 Å². The van der Waals surface area contributed by atoms with Crippen LogP contribution >= 0.6 is 15.9 Å². The molecule has 3 aromatic rings. The predicted octanol–water partition coefficient (Wildman–Crippen LogP) is 4.51. The molecule has 0 saturated carbocycles. The van der Waals surface area contributed by atoms with Gasteiger partial charge in [0, 0.05) is 17.1 Å². The summed E-state index contributed by atoms with van der Waals surface area (Å²) in [5.41, 5.74) is 0.364. The van der Waals surface area contributed by atoms with Crippen molar-refractivity contribution < 1.29 is 13.6 Å². The number of carbonyl (C=O) groups is 1. The number of halogens is 3. The van der Waals surface area contributed by atoms with Crippen LogP contribution in [0.25, 0.3) is 10.9 Å². The van der Waals surface area contributed by atoms with Gasteiger partial charge in [0.1, 0.15) is 5.82 Å². The first kappa shape index (κ1) is 13.8. The summed E-state index contributed by atoms with van der Waals surface area (Å²) in [4.78, 5) is 16.5. The zero-order valence-electron chi connectivity index (χ0n) is 10.6. The van der Waals surface area contributed by atoms with E-state index in [2.05, 4.69) is 20.9 Å². The van der Waals surface area contributed by atoms with Crippen LogP contribution in [0.2, 0.25) is 0 Å². The molecule has 1 heterocycles. The fourth-order valence-electron chi connectivity index (χ4n) is 2.10. The van der Waals surface area contributed by atoms with Gasteiger partial charge in [-0.3, -0.25) is 9.78 Å². The maximum absolute atomic E-state index is 14.0. The molecule has 0 aliphatic rings. The molecule has 0 N–H and O–H groups in total. The van der Waals surface area contributed by atoms with E-state index in [1.807, 2.05) is 0 Å². The smallest absolute Gasteiger partial charge is 0.199 e. The third-order valence-electron chi connectivity index (χ3n) is 3.14. The van der Waals surface area contributed by atoms with Crippen molar-refractivity contribution in [3.05, 3.63) is 75.9 Å². The van der Waals surface area contributed by atoms with Crippen molar-refractivity contribution in [3.8, 4) is 0 Å². The molecular weight excluding hydrogens is 340 g/mol. The van der Waals surface area contributed by atoms with Gasteiger partial charge in [-0.05, 0) is 52.3 Å². The van der Waals surface area contributed by atoms with E-state index in [1.54, 1.807) is 30.5 Å². The highest BCUT2D eigenvalue weighted by atomic mass is 79.9. The minimum Gasteiger partial charge on any atom is -0.288 e. The number of fused-ring (bicyclic) bond motifs is 1. The number of pyridine rings is 1. The summed E-state index contributed by atoms with van der Waals surface area (Å²) in [5.74, 6) is -2.48. The Morgan fingerprint density at radius 1 is 1.10 bits per heavy atom. The second kappa shape index (κ2) is 5.33. The SMILES string of the molecule is O=C(c1ccc2ncccc2c1)c1c(F)ccc(Br)c1F. The molecule has 0 radical (unpaired) electrons. The third-order valence-corrected chi connectivity index (χ3v) is 3.75. The molecule has 5 heteroatoms. The lowest BCUT2D eigenvalue weighted by atomic mass is 10.0. The van der Waals surface area contributed by atoms with E-state index in [0.717, 1.165) is 11.5 Å². The van der Waals surface area contributed by atoms with Crippen molar-refractivity contribution in [2.45, 2.75) is 0 Å². The Labute approximate surface area is 127 Å². The topological polar surface area (TPSA) is 30.0 Å². The molecule has 2 nitrogen and oxygen atoms in total. The number of hydrogen-bond donors (Lipinski definition) is 0. The molecule has 0 fully saturated rings. The third kappa shape index (κ3) is 2.45. The van der Waals surface area contributed by atoms with Crippen LogP contribution in [0.4, 0.5) is 8.78 Å². The molecule has 104 valence electrons. The van der Waals surface area contributed by atoms with Crippen LogP contribution in [0.15, 0.2) is 53.1 Å². The minimum absolute atomic E-state index is 0.0507. The van der Waals surface area contributed by atoms with Gasteiger partial charge in [0.2, 0.25) is 0 Å². The number of carbonyl (C=O) groups excluding carboxylic acids is 1. The summed E-state index contributed by atoms with van der Waals surface area (Å²) in [6, 6.07) is 10.5. The van der Waals surface area contributed by atoms with Gasteiger partial charge in [0.15, 0.2) is 11.6 Å². The van der Waals surface area contributed by atoms with E-state index in [0.29, 0.717) is 5.52 Å². The van der Waals surface area contributed by atoms with E-state index in [-0.39, 0.29) is 10.0 Å². The van der Waals surface area contributed by atoms with Gasteiger partial charge in [0.25, 0.3) is 0 Å². The van der Waals surface area contributed by atoms with Gasteiger partial charge in [-0.2, -0.15) is 0 Å². The summed E-state index contributed by atoms with van der Waals surface area (Å²) in [6.07, 6.45) is 1.64. The fourth-order valence-corrected chi connectivity index (χ4v) is 2.43. The average molecular weight is 348 g/mol. The number of hydrogen-bond acceptors (Lipinski definition) is 2. The summed E-state index contributed by atoms with van der Waals surface area (Å²) >= 11 is 2.96. The van der Waals surface area contributed by atoms with Crippen molar-refractivity contribution >= 4 is 32.6 Å². The molecule has 0 amide bonds. The van der Waals surface area contributed by atoms with Crippen LogP contribution < -0.4 is 0 Å². The summed E-state index contributed by atoms with van der Waals surface area (Å²) in [6.45, 7) is 0. The first-order valence-electron chi connectivity index (χ1n) is 6.11. The van der Waals surface area contributed by atoms with Gasteiger partial charge in [-0.25, -0.2) is 8.78 Å². The van der Waals surface area contributed by atoms with E-state index >= 15 is 0 Å². The summed E-state index contributed by atoms with van der Waals surface area (Å²) in [5, 5.41) is 0.735. The van der Waals surface area contributed by atoms with E-state index in [1.165, 1.54) is 12.1 Å². The molecule has 21 heavy (non-hydrogen) atoms. The molecule has 2 aromatic carbocycles. The number of rotatable bonds is 2. The molecular formula is C16H8BrF2NO. The predicted molar refractivity (Wildman–Crippen MR) is 79.2 cm³/mol. The van der Waals surface area contributed by atoms with Gasteiger partial charge < -0.3 is 0 Å². The second-order valence-corrected chi connectivity index (χ2v) is 5.31. The van der Waals surface area contributed by atoms with Crippen molar-refractivity contribution in [2.24, 2.45) is 0 Å². The highest BCUT2D eigenvalue weighted by Gasteiger charge is 2.21. The normalized spacial score (nSPS) is 10.8. The van der Waals surface area contributed by atoms with Crippen LogP contribution in [-0.2, 0) is 0 Å². The first-order valence-corrected chi connectivity index (χ1v) is 6.90. The average Bonchev–Trinajstić information content (AvgIpc) is 2.51. The lowest BCUT2D eigenvalue weighted by Crippen LogP contribution is -2.08. The Balaban J connectivity index is 2.15. The Morgan fingerprint density at radius 2 is 1.90 bits per heavy atom. The molecule has 0 aliphatic carbocycles. The monoisotopic (exact) mass is 347 g/mol. The van der Waals surface area contributed by atoms with E-state index in [4.69, 9.17) is 0 Å². The quantitative estimate of drug-likeness (QED) is 0.504.